The van der Waals surface area contributed by atoms with E-state index in [4.69, 9.17) is 11.2 Å². The summed E-state index contributed by atoms with van der Waals surface area (Å²) in [5.74, 6) is 1.68. The van der Waals surface area contributed by atoms with E-state index in [0.717, 1.165) is 5.56 Å². The molecule has 0 fully saturated rings. The van der Waals surface area contributed by atoms with Crippen molar-refractivity contribution in [3.8, 4) is 12.3 Å². The van der Waals surface area contributed by atoms with Crippen LogP contribution in [0.4, 0.5) is 4.79 Å². The van der Waals surface area contributed by atoms with Crippen molar-refractivity contribution in [2.24, 2.45) is 0 Å². The third kappa shape index (κ3) is 4.92. The number of hydrogen-bond donors (Lipinski definition) is 1. The van der Waals surface area contributed by atoms with Gasteiger partial charge >= 0.3 is 6.09 Å². The molecule has 0 bridgehead atoms. The summed E-state index contributed by atoms with van der Waals surface area (Å²) in [6.45, 7) is 7.11. The van der Waals surface area contributed by atoms with E-state index in [2.05, 4.69) is 11.2 Å². The van der Waals surface area contributed by atoms with Crippen LogP contribution in [0.2, 0.25) is 0 Å². The van der Waals surface area contributed by atoms with Crippen molar-refractivity contribution in [3.63, 3.8) is 0 Å². The first-order valence-corrected chi connectivity index (χ1v) is 7.28. The summed E-state index contributed by atoms with van der Waals surface area (Å²) in [5.41, 5.74) is -0.877. The van der Waals surface area contributed by atoms with Crippen molar-refractivity contribution in [1.29, 1.82) is 0 Å². The summed E-state index contributed by atoms with van der Waals surface area (Å²) in [4.78, 5) is 24.4. The molecule has 22 heavy (non-hydrogen) atoms. The van der Waals surface area contributed by atoms with Crippen LogP contribution >= 0.6 is 0 Å². The molecule has 0 aromatic heterocycles. The average molecular weight is 301 g/mol. The molecule has 0 radical (unpaired) electrons. The minimum atomic E-state index is -1.15. The molecule has 1 unspecified atom stereocenters. The number of hydrogen-bond acceptors (Lipinski definition) is 3. The molecule has 0 saturated heterocycles. The van der Waals surface area contributed by atoms with Gasteiger partial charge in [-0.1, -0.05) is 37.3 Å². The number of alkyl carbamates (subject to hydrolysis) is 1. The number of nitrogens with one attached hydrogen (secondary N) is 1. The van der Waals surface area contributed by atoms with E-state index in [1.165, 1.54) is 0 Å². The molecule has 1 aromatic carbocycles. The van der Waals surface area contributed by atoms with Gasteiger partial charge in [-0.25, -0.2) is 4.79 Å². The SMILES string of the molecule is C#CC(=O)C(CC)(Cc1ccccc1)NC(=O)OC(C)(C)C. The van der Waals surface area contributed by atoms with E-state index in [-0.39, 0.29) is 0 Å². The van der Waals surface area contributed by atoms with Gasteiger partial charge in [-0.3, -0.25) is 4.79 Å². The van der Waals surface area contributed by atoms with E-state index >= 15 is 0 Å². The van der Waals surface area contributed by atoms with Gasteiger partial charge in [0.15, 0.2) is 0 Å². The van der Waals surface area contributed by atoms with Crippen molar-refractivity contribution in [2.75, 3.05) is 0 Å². The van der Waals surface area contributed by atoms with Crippen molar-refractivity contribution in [2.45, 2.75) is 51.7 Å². The van der Waals surface area contributed by atoms with E-state index in [0.29, 0.717) is 12.8 Å². The second-order valence-electron chi connectivity index (χ2n) is 6.20. The highest BCUT2D eigenvalue weighted by Gasteiger charge is 2.38. The first-order valence-electron chi connectivity index (χ1n) is 7.28. The maximum absolute atomic E-state index is 12.3. The minimum absolute atomic E-state index is 0.326. The second-order valence-corrected chi connectivity index (χ2v) is 6.20. The fourth-order valence-corrected chi connectivity index (χ4v) is 2.14. The maximum Gasteiger partial charge on any atom is 0.408 e. The summed E-state index contributed by atoms with van der Waals surface area (Å²) in [5, 5.41) is 2.68. The number of carbonyl (C=O) groups is 2. The molecular weight excluding hydrogens is 278 g/mol. The monoisotopic (exact) mass is 301 g/mol. The van der Waals surface area contributed by atoms with Gasteiger partial charge < -0.3 is 10.1 Å². The predicted octanol–water partition coefficient (Wildman–Crippen LogP) is 3.10. The molecular formula is C18H23NO3. The summed E-state index contributed by atoms with van der Waals surface area (Å²) < 4.78 is 5.26. The van der Waals surface area contributed by atoms with Crippen LogP contribution in [0, 0.1) is 12.3 Å². The van der Waals surface area contributed by atoms with Crippen LogP contribution in [-0.2, 0) is 16.0 Å². The molecule has 0 saturated carbocycles. The molecule has 4 nitrogen and oxygen atoms in total. The number of rotatable bonds is 5. The number of ketones is 1. The van der Waals surface area contributed by atoms with Crippen LogP contribution in [0.25, 0.3) is 0 Å². The first kappa shape index (κ1) is 17.8. The largest absolute Gasteiger partial charge is 0.444 e. The lowest BCUT2D eigenvalue weighted by Gasteiger charge is -2.32. The van der Waals surface area contributed by atoms with E-state index in [1.54, 1.807) is 20.8 Å². The molecule has 1 atom stereocenters. The highest BCUT2D eigenvalue weighted by Crippen LogP contribution is 2.20. The molecule has 1 N–H and O–H groups in total. The lowest BCUT2D eigenvalue weighted by molar-refractivity contribution is -0.120. The Labute approximate surface area is 132 Å². The molecule has 118 valence electrons. The predicted molar refractivity (Wildman–Crippen MR) is 86.4 cm³/mol. The molecule has 0 aliphatic heterocycles. The number of amides is 1. The molecule has 0 aliphatic carbocycles. The van der Waals surface area contributed by atoms with Crippen molar-refractivity contribution < 1.29 is 14.3 Å². The fourth-order valence-electron chi connectivity index (χ4n) is 2.14. The van der Waals surface area contributed by atoms with Crippen LogP contribution < -0.4 is 5.32 Å². The third-order valence-corrected chi connectivity index (χ3v) is 3.26. The summed E-state index contributed by atoms with van der Waals surface area (Å²) >= 11 is 0. The van der Waals surface area contributed by atoms with Crippen LogP contribution in [0.1, 0.15) is 39.7 Å². The van der Waals surface area contributed by atoms with Crippen LogP contribution in [0.15, 0.2) is 30.3 Å². The summed E-state index contributed by atoms with van der Waals surface area (Å²) in [6, 6.07) is 9.44. The molecule has 0 aliphatic rings. The van der Waals surface area contributed by atoms with Crippen molar-refractivity contribution >= 4 is 11.9 Å². The van der Waals surface area contributed by atoms with Crippen molar-refractivity contribution in [1.82, 2.24) is 5.32 Å². The fraction of sp³-hybridized carbons (Fsp3) is 0.444. The Balaban J connectivity index is 3.04. The van der Waals surface area contributed by atoms with Gasteiger partial charge in [0.25, 0.3) is 0 Å². The zero-order chi connectivity index (χ0) is 16.8. The molecule has 1 rings (SSSR count). The average Bonchev–Trinajstić information content (AvgIpc) is 2.44. The van der Waals surface area contributed by atoms with Gasteiger partial charge in [-0.15, -0.1) is 6.42 Å². The Morgan fingerprint density at radius 1 is 1.23 bits per heavy atom. The lowest BCUT2D eigenvalue weighted by atomic mass is 9.84. The molecule has 4 heteroatoms. The standard InChI is InChI=1S/C18H23NO3/c1-6-15(20)18(7-2,13-14-11-9-8-10-12-14)19-16(21)22-17(3,4)5/h1,8-12H,7,13H2,2-5H3,(H,19,21). The Kier molecular flexibility index (Phi) is 5.76. The van der Waals surface area contributed by atoms with E-state index < -0.39 is 23.0 Å². The smallest absolute Gasteiger partial charge is 0.408 e. The third-order valence-electron chi connectivity index (χ3n) is 3.26. The molecule has 1 amide bonds. The van der Waals surface area contributed by atoms with Gasteiger partial charge in [0.1, 0.15) is 11.1 Å². The number of benzene rings is 1. The Morgan fingerprint density at radius 2 is 1.82 bits per heavy atom. The Morgan fingerprint density at radius 3 is 2.27 bits per heavy atom. The number of Topliss-reactive ketones (excluding diaryl/α,β-unsaturated/α-hetero) is 1. The lowest BCUT2D eigenvalue weighted by Crippen LogP contribution is -2.56. The van der Waals surface area contributed by atoms with E-state index in [1.807, 2.05) is 37.3 Å². The number of carbonyl (C=O) groups excluding carboxylic acids is 2. The minimum Gasteiger partial charge on any atom is -0.444 e. The molecule has 0 heterocycles. The molecule has 0 spiro atoms. The zero-order valence-corrected chi connectivity index (χ0v) is 13.6. The first-order chi connectivity index (χ1) is 10.2. The van der Waals surface area contributed by atoms with Crippen LogP contribution in [-0.4, -0.2) is 23.0 Å². The van der Waals surface area contributed by atoms with E-state index in [9.17, 15) is 9.59 Å². The van der Waals surface area contributed by atoms with Gasteiger partial charge in [0.2, 0.25) is 5.78 Å². The van der Waals surface area contributed by atoms with Gasteiger partial charge in [-0.05, 0) is 38.7 Å². The van der Waals surface area contributed by atoms with Gasteiger partial charge in [0, 0.05) is 6.42 Å². The van der Waals surface area contributed by atoms with Crippen LogP contribution in [0.3, 0.4) is 0 Å². The topological polar surface area (TPSA) is 55.4 Å². The molecule has 1 aromatic rings. The second kappa shape index (κ2) is 7.13. The highest BCUT2D eigenvalue weighted by molar-refractivity contribution is 6.04. The van der Waals surface area contributed by atoms with Crippen molar-refractivity contribution in [3.05, 3.63) is 35.9 Å². The summed E-state index contributed by atoms with van der Waals surface area (Å²) in [7, 11) is 0. The van der Waals surface area contributed by atoms with Gasteiger partial charge in [0.05, 0.1) is 0 Å². The quantitative estimate of drug-likeness (QED) is 0.671. The number of ether oxygens (including phenoxy) is 1. The van der Waals surface area contributed by atoms with Gasteiger partial charge in [-0.2, -0.15) is 0 Å². The highest BCUT2D eigenvalue weighted by atomic mass is 16.6. The normalized spacial score (nSPS) is 13.6. The zero-order valence-electron chi connectivity index (χ0n) is 13.6. The Hall–Kier alpha value is -2.28. The Bertz CT molecular complexity index is 566. The number of terminal acetylenes is 1. The van der Waals surface area contributed by atoms with Crippen LogP contribution in [0.5, 0.6) is 0 Å². The maximum atomic E-state index is 12.3. The summed E-state index contributed by atoms with van der Waals surface area (Å²) in [6.07, 6.45) is 5.36.